The molecule has 0 aliphatic heterocycles. The van der Waals surface area contributed by atoms with Crippen LogP contribution >= 0.6 is 11.6 Å². The van der Waals surface area contributed by atoms with E-state index in [1.54, 1.807) is 0 Å². The second kappa shape index (κ2) is 5.61. The van der Waals surface area contributed by atoms with Gasteiger partial charge in [-0.1, -0.05) is 11.6 Å². The van der Waals surface area contributed by atoms with Crippen molar-refractivity contribution in [2.75, 3.05) is 12.4 Å². The minimum atomic E-state index is -1.17. The number of methoxy groups -OCH3 is 1. The fourth-order valence-corrected chi connectivity index (χ4v) is 1.54. The van der Waals surface area contributed by atoms with E-state index in [2.05, 4.69) is 25.6 Å². The fourth-order valence-electron chi connectivity index (χ4n) is 1.38. The summed E-state index contributed by atoms with van der Waals surface area (Å²) < 4.78 is 19.3. The Kier molecular flexibility index (Phi) is 3.89. The molecule has 1 heterocycles. The van der Waals surface area contributed by atoms with Crippen molar-refractivity contribution in [1.82, 2.24) is 20.2 Å². The number of benzene rings is 1. The van der Waals surface area contributed by atoms with Crippen LogP contribution in [0.4, 0.5) is 10.1 Å². The highest BCUT2D eigenvalue weighted by Gasteiger charge is 2.21. The number of anilines is 1. The molecule has 1 N–H and O–H groups in total. The van der Waals surface area contributed by atoms with Gasteiger partial charge >= 0.3 is 11.9 Å². The smallest absolute Gasteiger partial charge is 0.396 e. The lowest BCUT2D eigenvalue weighted by Gasteiger charge is -2.11. The fraction of sp³-hybridized carbons (Fsp3) is 0.100. The summed E-state index contributed by atoms with van der Waals surface area (Å²) in [6.45, 7) is 0. The van der Waals surface area contributed by atoms with Gasteiger partial charge in [-0.25, -0.2) is 9.18 Å². The summed E-state index contributed by atoms with van der Waals surface area (Å²) in [5.74, 6) is -3.24. The third kappa shape index (κ3) is 2.57. The van der Waals surface area contributed by atoms with Crippen LogP contribution in [0.25, 0.3) is 5.69 Å². The molecule has 0 aliphatic rings. The number of carbonyl (C=O) groups is 2. The second-order valence-electron chi connectivity index (χ2n) is 3.46. The van der Waals surface area contributed by atoms with Gasteiger partial charge in [0.05, 0.1) is 17.8 Å². The monoisotopic (exact) mass is 299 g/mol. The maximum absolute atomic E-state index is 14.0. The summed E-state index contributed by atoms with van der Waals surface area (Å²) in [4.78, 5) is 22.5. The molecule has 2 aromatic rings. The number of halogens is 2. The normalized spacial score (nSPS) is 10.2. The second-order valence-corrected chi connectivity index (χ2v) is 3.86. The molecule has 0 spiro atoms. The zero-order valence-electron chi connectivity index (χ0n) is 10.0. The van der Waals surface area contributed by atoms with Gasteiger partial charge in [-0.3, -0.25) is 4.79 Å². The van der Waals surface area contributed by atoms with Crippen molar-refractivity contribution in [3.05, 3.63) is 29.3 Å². The van der Waals surface area contributed by atoms with E-state index in [0.29, 0.717) is 0 Å². The lowest BCUT2D eigenvalue weighted by molar-refractivity contribution is -0.150. The molecule has 8 nitrogen and oxygen atoms in total. The molecule has 1 aromatic carbocycles. The molecule has 0 radical (unpaired) electrons. The van der Waals surface area contributed by atoms with Crippen molar-refractivity contribution in [1.29, 1.82) is 0 Å². The Morgan fingerprint density at radius 2 is 2.20 bits per heavy atom. The van der Waals surface area contributed by atoms with Gasteiger partial charge in [0.25, 0.3) is 0 Å². The number of ether oxygens (including phenoxy) is 1. The van der Waals surface area contributed by atoms with Crippen molar-refractivity contribution in [3.63, 3.8) is 0 Å². The van der Waals surface area contributed by atoms with Crippen molar-refractivity contribution in [2.24, 2.45) is 0 Å². The third-order valence-corrected chi connectivity index (χ3v) is 2.57. The van der Waals surface area contributed by atoms with Gasteiger partial charge in [0, 0.05) is 0 Å². The Morgan fingerprint density at radius 3 is 2.80 bits per heavy atom. The molecular formula is C10H7ClFN5O3. The predicted octanol–water partition coefficient (Wildman–Crippen LogP) is 0.566. The van der Waals surface area contributed by atoms with Crippen LogP contribution in [0.15, 0.2) is 18.5 Å². The van der Waals surface area contributed by atoms with Gasteiger partial charge < -0.3 is 10.1 Å². The molecule has 1 aromatic heterocycles. The Labute approximate surface area is 116 Å². The Balaban J connectivity index is 2.47. The third-order valence-electron chi connectivity index (χ3n) is 2.28. The van der Waals surface area contributed by atoms with Gasteiger partial charge in [0.15, 0.2) is 5.82 Å². The molecule has 0 saturated heterocycles. The average Bonchev–Trinajstić information content (AvgIpc) is 2.97. The van der Waals surface area contributed by atoms with Crippen LogP contribution in [0.1, 0.15) is 0 Å². The van der Waals surface area contributed by atoms with E-state index in [1.165, 1.54) is 18.5 Å². The number of hydrogen-bond acceptors (Lipinski definition) is 6. The van der Waals surface area contributed by atoms with E-state index in [-0.39, 0.29) is 16.4 Å². The topological polar surface area (TPSA) is 99.0 Å². The van der Waals surface area contributed by atoms with E-state index >= 15 is 0 Å². The Bertz CT molecular complexity index is 661. The summed E-state index contributed by atoms with van der Waals surface area (Å²) in [5, 5.41) is 12.2. The summed E-state index contributed by atoms with van der Waals surface area (Å²) in [6.07, 6.45) is 1.19. The van der Waals surface area contributed by atoms with Crippen LogP contribution in [0.2, 0.25) is 5.02 Å². The molecular weight excluding hydrogens is 293 g/mol. The zero-order chi connectivity index (χ0) is 14.7. The lowest BCUT2D eigenvalue weighted by atomic mass is 10.2. The first-order valence-electron chi connectivity index (χ1n) is 5.15. The average molecular weight is 300 g/mol. The van der Waals surface area contributed by atoms with Crippen molar-refractivity contribution >= 4 is 29.2 Å². The van der Waals surface area contributed by atoms with Crippen LogP contribution in [-0.4, -0.2) is 39.2 Å². The minimum Gasteiger partial charge on any atom is -0.462 e. The number of carbonyl (C=O) groups excluding carboxylic acids is 2. The minimum absolute atomic E-state index is 0.106. The predicted molar refractivity (Wildman–Crippen MR) is 64.8 cm³/mol. The SMILES string of the molecule is COC(=O)C(=O)Nc1c(-n2cnnn2)ccc(Cl)c1F. The highest BCUT2D eigenvalue weighted by atomic mass is 35.5. The van der Waals surface area contributed by atoms with Gasteiger partial charge in [0.1, 0.15) is 12.0 Å². The quantitative estimate of drug-likeness (QED) is 0.643. The number of aromatic nitrogens is 4. The molecule has 20 heavy (non-hydrogen) atoms. The van der Waals surface area contributed by atoms with Crippen LogP contribution in [0.3, 0.4) is 0 Å². The lowest BCUT2D eigenvalue weighted by Crippen LogP contribution is -2.25. The summed E-state index contributed by atoms with van der Waals surface area (Å²) >= 11 is 5.64. The number of esters is 1. The van der Waals surface area contributed by atoms with Gasteiger partial charge in [-0.05, 0) is 22.6 Å². The molecule has 1 amide bonds. The highest BCUT2D eigenvalue weighted by Crippen LogP contribution is 2.28. The Morgan fingerprint density at radius 1 is 1.45 bits per heavy atom. The summed E-state index contributed by atoms with van der Waals surface area (Å²) in [7, 11) is 1.03. The molecule has 0 aliphatic carbocycles. The van der Waals surface area contributed by atoms with Crippen molar-refractivity contribution < 1.29 is 18.7 Å². The number of rotatable bonds is 2. The van der Waals surface area contributed by atoms with E-state index in [1.807, 2.05) is 0 Å². The van der Waals surface area contributed by atoms with E-state index in [9.17, 15) is 14.0 Å². The molecule has 0 saturated carbocycles. The molecule has 0 unspecified atom stereocenters. The molecule has 104 valence electrons. The first-order chi connectivity index (χ1) is 9.54. The Hall–Kier alpha value is -2.55. The first kappa shape index (κ1) is 13.9. The maximum atomic E-state index is 14.0. The highest BCUT2D eigenvalue weighted by molar-refractivity contribution is 6.38. The number of amides is 1. The van der Waals surface area contributed by atoms with Crippen LogP contribution in [0, 0.1) is 5.82 Å². The largest absolute Gasteiger partial charge is 0.462 e. The van der Waals surface area contributed by atoms with E-state index in [4.69, 9.17) is 11.6 Å². The molecule has 10 heteroatoms. The number of nitrogens with one attached hydrogen (secondary N) is 1. The van der Waals surface area contributed by atoms with Gasteiger partial charge in [0.2, 0.25) is 0 Å². The van der Waals surface area contributed by atoms with Gasteiger partial charge in [-0.15, -0.1) is 5.10 Å². The van der Waals surface area contributed by atoms with Crippen molar-refractivity contribution in [2.45, 2.75) is 0 Å². The first-order valence-corrected chi connectivity index (χ1v) is 5.53. The number of nitrogens with zero attached hydrogens (tertiary/aromatic N) is 4. The molecule has 0 bridgehead atoms. The molecule has 0 atom stereocenters. The number of hydrogen-bond donors (Lipinski definition) is 1. The summed E-state index contributed by atoms with van der Waals surface area (Å²) in [6, 6.07) is 2.65. The molecule has 2 rings (SSSR count). The summed E-state index contributed by atoms with van der Waals surface area (Å²) in [5.41, 5.74) is -0.227. The van der Waals surface area contributed by atoms with Crippen LogP contribution < -0.4 is 5.32 Å². The standard InChI is InChI=1S/C10H7ClFN5O3/c1-20-10(19)9(18)14-8-6(17-4-13-15-16-17)3-2-5(11)7(8)12/h2-4H,1H3,(H,14,18). The molecule has 0 fully saturated rings. The number of tetrazole rings is 1. The van der Waals surface area contributed by atoms with Gasteiger partial charge in [-0.2, -0.15) is 4.68 Å². The van der Waals surface area contributed by atoms with E-state index in [0.717, 1.165) is 11.8 Å². The van der Waals surface area contributed by atoms with Crippen molar-refractivity contribution in [3.8, 4) is 5.69 Å². The maximum Gasteiger partial charge on any atom is 0.396 e. The zero-order valence-corrected chi connectivity index (χ0v) is 10.8. The van der Waals surface area contributed by atoms with Crippen LogP contribution in [-0.2, 0) is 14.3 Å². The van der Waals surface area contributed by atoms with Crippen LogP contribution in [0.5, 0.6) is 0 Å². The van der Waals surface area contributed by atoms with E-state index < -0.39 is 17.7 Å².